The van der Waals surface area contributed by atoms with Gasteiger partial charge in [0.1, 0.15) is 42.1 Å². The Hall–Kier alpha value is -2.11. The molecular formula is C24H25ClFNO6S. The van der Waals surface area contributed by atoms with Crippen molar-refractivity contribution >= 4 is 22.9 Å². The molecule has 1 fully saturated rings. The fourth-order valence-corrected chi connectivity index (χ4v) is 5.09. The van der Waals surface area contributed by atoms with Crippen LogP contribution in [0, 0.1) is 5.82 Å². The lowest BCUT2D eigenvalue weighted by molar-refractivity contribution is -0.232. The topological polar surface area (TPSA) is 112 Å². The minimum Gasteiger partial charge on any atom is -0.493 e. The maximum absolute atomic E-state index is 13.2. The number of thiazole rings is 1. The van der Waals surface area contributed by atoms with E-state index in [1.807, 2.05) is 0 Å². The molecule has 0 spiro atoms. The number of benzene rings is 2. The van der Waals surface area contributed by atoms with Gasteiger partial charge in [-0.05, 0) is 42.3 Å². The third-order valence-corrected chi connectivity index (χ3v) is 7.10. The highest BCUT2D eigenvalue weighted by Crippen LogP contribution is 2.40. The maximum atomic E-state index is 13.2. The molecule has 3 aromatic rings. The van der Waals surface area contributed by atoms with Crippen LogP contribution in [0.1, 0.15) is 29.2 Å². The first-order valence-electron chi connectivity index (χ1n) is 10.8. The number of aliphatic hydroxyl groups is 4. The molecule has 2 aromatic carbocycles. The number of nitrogens with zero attached hydrogens (tertiary/aromatic N) is 1. The Kier molecular flexibility index (Phi) is 7.83. The number of halogens is 2. The van der Waals surface area contributed by atoms with Gasteiger partial charge in [0, 0.05) is 23.2 Å². The van der Waals surface area contributed by atoms with Crippen LogP contribution in [0.2, 0.25) is 5.02 Å². The molecule has 10 heteroatoms. The van der Waals surface area contributed by atoms with Gasteiger partial charge in [0.05, 0.1) is 23.1 Å². The lowest BCUT2D eigenvalue weighted by atomic mass is 9.90. The lowest BCUT2D eigenvalue weighted by Gasteiger charge is -2.40. The van der Waals surface area contributed by atoms with E-state index in [1.54, 1.807) is 37.4 Å². The van der Waals surface area contributed by atoms with Gasteiger partial charge in [-0.3, -0.25) is 0 Å². The van der Waals surface area contributed by atoms with E-state index in [4.69, 9.17) is 21.1 Å². The van der Waals surface area contributed by atoms with Gasteiger partial charge >= 0.3 is 0 Å². The second kappa shape index (κ2) is 10.7. The van der Waals surface area contributed by atoms with Gasteiger partial charge in [-0.25, -0.2) is 9.37 Å². The number of aromatic nitrogens is 1. The van der Waals surface area contributed by atoms with Crippen molar-refractivity contribution in [2.45, 2.75) is 43.9 Å². The van der Waals surface area contributed by atoms with Crippen LogP contribution in [0.25, 0.3) is 10.4 Å². The third kappa shape index (κ3) is 5.11. The van der Waals surface area contributed by atoms with Crippen LogP contribution in [-0.4, -0.2) is 63.0 Å². The average molecular weight is 510 g/mol. The summed E-state index contributed by atoms with van der Waals surface area (Å²) in [5.41, 5.74) is 1.98. The quantitative estimate of drug-likeness (QED) is 0.387. The van der Waals surface area contributed by atoms with E-state index in [9.17, 15) is 24.8 Å². The Morgan fingerprint density at radius 1 is 1.12 bits per heavy atom. The van der Waals surface area contributed by atoms with E-state index in [0.717, 1.165) is 15.4 Å². The molecule has 34 heavy (non-hydrogen) atoms. The van der Waals surface area contributed by atoms with E-state index >= 15 is 0 Å². The van der Waals surface area contributed by atoms with Gasteiger partial charge in [-0.1, -0.05) is 23.7 Å². The van der Waals surface area contributed by atoms with Gasteiger partial charge in [0.2, 0.25) is 0 Å². The highest BCUT2D eigenvalue weighted by Gasteiger charge is 2.45. The van der Waals surface area contributed by atoms with Crippen LogP contribution in [0.3, 0.4) is 0 Å². The molecule has 182 valence electrons. The van der Waals surface area contributed by atoms with E-state index in [0.29, 0.717) is 34.9 Å². The largest absolute Gasteiger partial charge is 0.493 e. The van der Waals surface area contributed by atoms with E-state index in [-0.39, 0.29) is 5.82 Å². The summed E-state index contributed by atoms with van der Waals surface area (Å²) in [6.07, 6.45) is -4.43. The standard InChI is InChI=1S/C24H25ClFNO6S/c1-2-32-17-9-16(25)13(7-15(17)24-23(31)22(30)21(29)18(11-28)33-24)8-20-27-10-19(34-20)12-3-5-14(26)6-4-12/h3-7,9-10,18,21-24,28-31H,2,8,11H2,1H3/t18-,21-,22+,23-,24+/m1/s1. The molecule has 1 aliphatic heterocycles. The van der Waals surface area contributed by atoms with E-state index in [1.165, 1.54) is 23.5 Å². The van der Waals surface area contributed by atoms with Crippen LogP contribution >= 0.6 is 22.9 Å². The van der Waals surface area contributed by atoms with Gasteiger partial charge in [-0.15, -0.1) is 11.3 Å². The number of hydrogen-bond acceptors (Lipinski definition) is 8. The molecule has 4 rings (SSSR count). The predicted octanol–water partition coefficient (Wildman–Crippen LogP) is 3.11. The minimum atomic E-state index is -1.51. The van der Waals surface area contributed by atoms with Crippen LogP contribution in [-0.2, 0) is 11.2 Å². The Bertz CT molecular complexity index is 1130. The minimum absolute atomic E-state index is 0.310. The fraction of sp³-hybridized carbons (Fsp3) is 0.375. The summed E-state index contributed by atoms with van der Waals surface area (Å²) >= 11 is 7.98. The normalized spacial score (nSPS) is 24.9. The van der Waals surface area contributed by atoms with Crippen LogP contribution in [0.4, 0.5) is 4.39 Å². The molecule has 1 aliphatic rings. The van der Waals surface area contributed by atoms with Gasteiger partial charge in [-0.2, -0.15) is 0 Å². The summed E-state index contributed by atoms with van der Waals surface area (Å²) < 4.78 is 24.7. The first-order valence-corrected chi connectivity index (χ1v) is 12.0. The van der Waals surface area contributed by atoms with Crippen molar-refractivity contribution in [3.63, 3.8) is 0 Å². The molecule has 1 saturated heterocycles. The average Bonchev–Trinajstić information content (AvgIpc) is 3.29. The van der Waals surface area contributed by atoms with Crippen LogP contribution in [0.5, 0.6) is 5.75 Å². The van der Waals surface area contributed by atoms with Crippen LogP contribution in [0.15, 0.2) is 42.6 Å². The zero-order valence-corrected chi connectivity index (χ0v) is 19.8. The first-order chi connectivity index (χ1) is 16.3. The number of rotatable bonds is 7. The summed E-state index contributed by atoms with van der Waals surface area (Å²) in [5, 5.41) is 41.7. The number of aliphatic hydroxyl groups excluding tert-OH is 4. The highest BCUT2D eigenvalue weighted by atomic mass is 35.5. The summed E-state index contributed by atoms with van der Waals surface area (Å²) in [7, 11) is 0. The smallest absolute Gasteiger partial charge is 0.126 e. The molecule has 0 aliphatic carbocycles. The Balaban J connectivity index is 1.66. The maximum Gasteiger partial charge on any atom is 0.126 e. The molecule has 1 aromatic heterocycles. The lowest BCUT2D eigenvalue weighted by Crippen LogP contribution is -2.55. The zero-order chi connectivity index (χ0) is 24.4. The van der Waals surface area contributed by atoms with Crippen molar-refractivity contribution in [1.82, 2.24) is 4.98 Å². The van der Waals surface area contributed by atoms with Crippen molar-refractivity contribution in [3.05, 3.63) is 69.6 Å². The van der Waals surface area contributed by atoms with E-state index in [2.05, 4.69) is 4.98 Å². The van der Waals surface area contributed by atoms with Gasteiger partial charge in [0.15, 0.2) is 0 Å². The summed E-state index contributed by atoms with van der Waals surface area (Å²) in [5.74, 6) is 0.0575. The first kappa shape index (κ1) is 25.0. The molecule has 5 atom stereocenters. The van der Waals surface area contributed by atoms with Crippen molar-refractivity contribution in [1.29, 1.82) is 0 Å². The Labute approximate surface area is 205 Å². The van der Waals surface area contributed by atoms with Crippen molar-refractivity contribution < 1.29 is 34.3 Å². The Morgan fingerprint density at radius 3 is 2.53 bits per heavy atom. The number of hydrogen-bond donors (Lipinski definition) is 4. The SMILES string of the molecule is CCOc1cc(Cl)c(Cc2ncc(-c3ccc(F)cc3)s2)cc1[C@@H]1O[C@H](CO)[C@@H](O)[C@H](O)[C@H]1O. The van der Waals surface area contributed by atoms with Crippen molar-refractivity contribution in [3.8, 4) is 16.2 Å². The summed E-state index contributed by atoms with van der Waals surface area (Å²) in [6, 6.07) is 9.50. The second-order valence-electron chi connectivity index (χ2n) is 7.97. The summed E-state index contributed by atoms with van der Waals surface area (Å²) in [4.78, 5) is 5.34. The molecule has 0 radical (unpaired) electrons. The van der Waals surface area contributed by atoms with E-state index < -0.39 is 37.1 Å². The number of ether oxygens (including phenoxy) is 2. The molecule has 0 amide bonds. The second-order valence-corrected chi connectivity index (χ2v) is 9.49. The third-order valence-electron chi connectivity index (χ3n) is 5.70. The molecule has 0 unspecified atom stereocenters. The Morgan fingerprint density at radius 2 is 1.85 bits per heavy atom. The monoisotopic (exact) mass is 509 g/mol. The van der Waals surface area contributed by atoms with Crippen molar-refractivity contribution in [2.75, 3.05) is 13.2 Å². The van der Waals surface area contributed by atoms with Crippen molar-refractivity contribution in [2.24, 2.45) is 0 Å². The molecule has 0 bridgehead atoms. The van der Waals surface area contributed by atoms with Gasteiger partial charge < -0.3 is 29.9 Å². The fourth-order valence-electron chi connectivity index (χ4n) is 3.92. The highest BCUT2D eigenvalue weighted by molar-refractivity contribution is 7.15. The zero-order valence-electron chi connectivity index (χ0n) is 18.3. The molecular weight excluding hydrogens is 485 g/mol. The molecule has 7 nitrogen and oxygen atoms in total. The summed E-state index contributed by atoms with van der Waals surface area (Å²) in [6.45, 7) is 1.59. The predicted molar refractivity (Wildman–Crippen MR) is 126 cm³/mol. The van der Waals surface area contributed by atoms with Gasteiger partial charge in [0.25, 0.3) is 0 Å². The molecule has 0 saturated carbocycles. The van der Waals surface area contributed by atoms with Crippen LogP contribution < -0.4 is 4.74 Å². The molecule has 2 heterocycles. The molecule has 4 N–H and O–H groups in total.